The molecule has 0 N–H and O–H groups in total. The molecule has 2 aromatic heterocycles. The van der Waals surface area contributed by atoms with Crippen LogP contribution in [-0.2, 0) is 19.3 Å². The van der Waals surface area contributed by atoms with Crippen LogP contribution in [0.5, 0.6) is 0 Å². The van der Waals surface area contributed by atoms with Crippen LogP contribution in [0, 0.1) is 0 Å². The topological polar surface area (TPSA) is 24.3 Å². The summed E-state index contributed by atoms with van der Waals surface area (Å²) in [6.45, 7) is 3.36. The first kappa shape index (κ1) is 26.4. The van der Waals surface area contributed by atoms with Crippen molar-refractivity contribution >= 4 is 10.9 Å². The number of rotatable bonds is 9. The highest BCUT2D eigenvalue weighted by molar-refractivity contribution is 5.85. The molecular weight excluding hydrogens is 485 g/mol. The van der Waals surface area contributed by atoms with Crippen LogP contribution in [0.25, 0.3) is 16.6 Å². The lowest BCUT2D eigenvalue weighted by atomic mass is 9.94. The molecule has 2 aromatic carbocycles. The number of nitrogens with zero attached hydrogens (tertiary/aromatic N) is 4. The molecule has 0 atom stereocenters. The van der Waals surface area contributed by atoms with E-state index in [0.29, 0.717) is 18.3 Å². The standard InChI is InChI=1S/C31H35F3N4/c1-36(27-9-3-2-4-10-27)18-19-37(21-24-14-16-35-17-15-24)22-25-23-38(30-13-6-5-12-29(25)30)28-11-7-8-26(20-28)31(32,33)34/h5-8,11-17,20,23,27H,2-4,9-10,18-19,21-22H2,1H3. The predicted molar refractivity (Wildman–Crippen MR) is 146 cm³/mol. The Balaban J connectivity index is 1.43. The van der Waals surface area contributed by atoms with Gasteiger partial charge in [0.25, 0.3) is 0 Å². The molecule has 0 amide bonds. The van der Waals surface area contributed by atoms with Gasteiger partial charge in [-0.2, -0.15) is 13.2 Å². The molecule has 1 fully saturated rings. The highest BCUT2D eigenvalue weighted by Crippen LogP contribution is 2.32. The van der Waals surface area contributed by atoms with Crippen LogP contribution >= 0.6 is 0 Å². The van der Waals surface area contributed by atoms with Crippen molar-refractivity contribution in [2.24, 2.45) is 0 Å². The highest BCUT2D eigenvalue weighted by Gasteiger charge is 2.30. The zero-order valence-corrected chi connectivity index (χ0v) is 21.9. The molecule has 5 rings (SSSR count). The van der Waals surface area contributed by atoms with Crippen molar-refractivity contribution in [3.8, 4) is 5.69 Å². The predicted octanol–water partition coefficient (Wildman–Crippen LogP) is 7.31. The van der Waals surface area contributed by atoms with Crippen molar-refractivity contribution in [2.45, 2.75) is 57.4 Å². The monoisotopic (exact) mass is 520 g/mol. The summed E-state index contributed by atoms with van der Waals surface area (Å²) < 4.78 is 42.2. The lowest BCUT2D eigenvalue weighted by molar-refractivity contribution is -0.137. The van der Waals surface area contributed by atoms with Gasteiger partial charge in [0.15, 0.2) is 0 Å². The Kier molecular flexibility index (Phi) is 8.15. The molecule has 4 aromatic rings. The fraction of sp³-hybridized carbons (Fsp3) is 0.387. The van der Waals surface area contributed by atoms with Crippen molar-refractivity contribution < 1.29 is 13.2 Å². The van der Waals surface area contributed by atoms with Crippen LogP contribution in [-0.4, -0.2) is 45.5 Å². The van der Waals surface area contributed by atoms with Crippen molar-refractivity contribution in [1.82, 2.24) is 19.4 Å². The highest BCUT2D eigenvalue weighted by atomic mass is 19.4. The minimum atomic E-state index is -4.38. The molecule has 200 valence electrons. The second kappa shape index (κ2) is 11.7. The summed E-state index contributed by atoms with van der Waals surface area (Å²) in [5.74, 6) is 0. The van der Waals surface area contributed by atoms with E-state index >= 15 is 0 Å². The number of para-hydroxylation sites is 1. The minimum Gasteiger partial charge on any atom is -0.316 e. The van der Waals surface area contributed by atoms with Gasteiger partial charge in [0.1, 0.15) is 0 Å². The number of pyridine rings is 1. The van der Waals surface area contributed by atoms with Crippen LogP contribution in [0.4, 0.5) is 13.2 Å². The maximum absolute atomic E-state index is 13.4. The summed E-state index contributed by atoms with van der Waals surface area (Å²) >= 11 is 0. The molecule has 4 nitrogen and oxygen atoms in total. The van der Waals surface area contributed by atoms with Crippen LogP contribution in [0.3, 0.4) is 0 Å². The fourth-order valence-electron chi connectivity index (χ4n) is 5.63. The average Bonchev–Trinajstić information content (AvgIpc) is 3.30. The molecule has 38 heavy (non-hydrogen) atoms. The lowest BCUT2D eigenvalue weighted by Crippen LogP contribution is -2.39. The summed E-state index contributed by atoms with van der Waals surface area (Å²) in [6, 6.07) is 18.3. The summed E-state index contributed by atoms with van der Waals surface area (Å²) in [4.78, 5) is 9.11. The normalized spacial score (nSPS) is 15.1. The second-order valence-corrected chi connectivity index (χ2v) is 10.4. The summed E-state index contributed by atoms with van der Waals surface area (Å²) in [5.41, 5.74) is 3.08. The van der Waals surface area contributed by atoms with Gasteiger partial charge in [-0.3, -0.25) is 9.88 Å². The first-order valence-corrected chi connectivity index (χ1v) is 13.5. The van der Waals surface area contributed by atoms with Crippen LogP contribution in [0.2, 0.25) is 0 Å². The Morgan fingerprint density at radius 2 is 1.66 bits per heavy atom. The molecule has 0 bridgehead atoms. The molecule has 1 aliphatic carbocycles. The summed E-state index contributed by atoms with van der Waals surface area (Å²) in [7, 11) is 2.24. The first-order chi connectivity index (χ1) is 18.4. The van der Waals surface area contributed by atoms with Crippen LogP contribution in [0.15, 0.2) is 79.3 Å². The molecule has 0 unspecified atom stereocenters. The van der Waals surface area contributed by atoms with E-state index in [4.69, 9.17) is 0 Å². The van der Waals surface area contributed by atoms with E-state index < -0.39 is 11.7 Å². The van der Waals surface area contributed by atoms with Crippen molar-refractivity contribution in [1.29, 1.82) is 0 Å². The van der Waals surface area contributed by atoms with E-state index in [-0.39, 0.29) is 0 Å². The largest absolute Gasteiger partial charge is 0.416 e. The number of alkyl halides is 3. The SMILES string of the molecule is CN(CCN(Cc1ccncc1)Cc1cn(-c2cccc(C(F)(F)F)c2)c2ccccc12)C1CCCCC1. The number of hydrogen-bond donors (Lipinski definition) is 0. The number of halogens is 3. The molecule has 0 aliphatic heterocycles. The van der Waals surface area contributed by atoms with Crippen molar-refractivity contribution in [3.63, 3.8) is 0 Å². The van der Waals surface area contributed by atoms with E-state index in [9.17, 15) is 13.2 Å². The Labute approximate surface area is 222 Å². The zero-order chi connectivity index (χ0) is 26.5. The number of hydrogen-bond acceptors (Lipinski definition) is 3. The maximum atomic E-state index is 13.4. The number of fused-ring (bicyclic) bond motifs is 1. The maximum Gasteiger partial charge on any atom is 0.416 e. The van der Waals surface area contributed by atoms with Gasteiger partial charge in [0, 0.05) is 61.9 Å². The Morgan fingerprint density at radius 1 is 0.895 bits per heavy atom. The molecule has 1 saturated carbocycles. The second-order valence-electron chi connectivity index (χ2n) is 10.4. The molecule has 0 radical (unpaired) electrons. The molecule has 0 spiro atoms. The molecular formula is C31H35F3N4. The van der Waals surface area contributed by atoms with Gasteiger partial charge in [0.2, 0.25) is 0 Å². The fourth-order valence-corrected chi connectivity index (χ4v) is 5.63. The van der Waals surface area contributed by atoms with Gasteiger partial charge in [-0.05, 0) is 67.4 Å². The number of likely N-dealkylation sites (N-methyl/N-ethyl adjacent to an activating group) is 1. The summed E-state index contributed by atoms with van der Waals surface area (Å²) in [6.07, 6.45) is 7.76. The van der Waals surface area contributed by atoms with E-state index in [0.717, 1.165) is 42.2 Å². The van der Waals surface area contributed by atoms with Crippen LogP contribution < -0.4 is 0 Å². The third-order valence-electron chi connectivity index (χ3n) is 7.76. The Hall–Kier alpha value is -3.16. The van der Waals surface area contributed by atoms with Gasteiger partial charge < -0.3 is 9.47 Å². The van der Waals surface area contributed by atoms with Gasteiger partial charge in [-0.15, -0.1) is 0 Å². The molecule has 7 heteroatoms. The van der Waals surface area contributed by atoms with E-state index in [1.54, 1.807) is 6.07 Å². The first-order valence-electron chi connectivity index (χ1n) is 13.5. The van der Waals surface area contributed by atoms with Gasteiger partial charge in [-0.1, -0.05) is 43.5 Å². The molecule has 2 heterocycles. The third-order valence-corrected chi connectivity index (χ3v) is 7.76. The lowest BCUT2D eigenvalue weighted by Gasteiger charge is -2.33. The molecule has 0 saturated heterocycles. The quantitative estimate of drug-likeness (QED) is 0.231. The van der Waals surface area contributed by atoms with Crippen molar-refractivity contribution in [3.05, 3.63) is 95.9 Å². The zero-order valence-electron chi connectivity index (χ0n) is 21.9. The Morgan fingerprint density at radius 3 is 2.42 bits per heavy atom. The Bertz CT molecular complexity index is 1330. The number of aromatic nitrogens is 2. The van der Waals surface area contributed by atoms with E-state index in [1.165, 1.54) is 49.8 Å². The number of benzene rings is 2. The van der Waals surface area contributed by atoms with Crippen molar-refractivity contribution in [2.75, 3.05) is 20.1 Å². The van der Waals surface area contributed by atoms with Gasteiger partial charge >= 0.3 is 6.18 Å². The minimum absolute atomic E-state index is 0.514. The summed E-state index contributed by atoms with van der Waals surface area (Å²) in [5, 5.41) is 1.06. The third kappa shape index (κ3) is 6.27. The smallest absolute Gasteiger partial charge is 0.316 e. The average molecular weight is 521 g/mol. The van der Waals surface area contributed by atoms with E-state index in [2.05, 4.69) is 27.9 Å². The van der Waals surface area contributed by atoms with E-state index in [1.807, 2.05) is 53.5 Å². The van der Waals surface area contributed by atoms with Gasteiger partial charge in [-0.25, -0.2) is 0 Å². The van der Waals surface area contributed by atoms with Gasteiger partial charge in [0.05, 0.1) is 11.1 Å². The molecule has 1 aliphatic rings. The van der Waals surface area contributed by atoms with Crippen LogP contribution in [0.1, 0.15) is 48.8 Å².